The summed E-state index contributed by atoms with van der Waals surface area (Å²) in [4.78, 5) is 16.8. The topological polar surface area (TPSA) is 78.9 Å². The summed E-state index contributed by atoms with van der Waals surface area (Å²) in [5, 5.41) is 8.18. The quantitative estimate of drug-likeness (QED) is 0.379. The molecule has 0 bridgehead atoms. The Kier molecular flexibility index (Phi) is 7.07. The van der Waals surface area contributed by atoms with Gasteiger partial charge in [-0.3, -0.25) is 14.3 Å². The molecule has 0 aromatic carbocycles. The number of nitrogens with zero attached hydrogens (tertiary/aromatic N) is 1. The molecule has 0 spiro atoms. The number of carboxylic acid groups (broad SMARTS) is 1. The van der Waals surface area contributed by atoms with E-state index in [-0.39, 0.29) is 5.32 Å². The van der Waals surface area contributed by atoms with E-state index >= 15 is 0 Å². The number of carbonyl (C=O) groups is 2. The highest BCUT2D eigenvalue weighted by atomic mass is 19.4. The monoisotopic (exact) mass is 582 g/mol. The molecule has 0 saturated carbocycles. The third-order valence-electron chi connectivity index (χ3n) is 4.14. The number of hydrogen-bond donors (Lipinski definition) is 2. The van der Waals surface area contributed by atoms with Crippen LogP contribution < -0.4 is 5.32 Å². The molecule has 1 amide bonds. The second-order valence-corrected chi connectivity index (χ2v) is 6.48. The van der Waals surface area contributed by atoms with Gasteiger partial charge in [-0.2, -0.15) is 74.6 Å². The van der Waals surface area contributed by atoms with Crippen LogP contribution in [0.4, 0.5) is 79.0 Å². The lowest BCUT2D eigenvalue weighted by Crippen LogP contribution is -2.87. The van der Waals surface area contributed by atoms with Crippen molar-refractivity contribution in [2.24, 2.45) is 0 Å². The maximum Gasteiger partial charge on any atom is 0.456 e. The molecular formula is C12H4F18N2O4. The molecule has 212 valence electrons. The van der Waals surface area contributed by atoms with Crippen LogP contribution in [0.5, 0.6) is 0 Å². The molecule has 6 nitrogen and oxygen atoms in total. The first-order chi connectivity index (χ1) is 15.4. The fourth-order valence-electron chi connectivity index (χ4n) is 2.46. The molecule has 24 heteroatoms. The maximum atomic E-state index is 14.5. The highest BCUT2D eigenvalue weighted by Gasteiger charge is 2.98. The molecule has 1 rings (SSSR count). The number of alkyl halides is 18. The number of rotatable bonds is 5. The summed E-state index contributed by atoms with van der Waals surface area (Å²) in [6, 6.07) is -25.1. The van der Waals surface area contributed by atoms with Gasteiger partial charge in [0.1, 0.15) is 6.54 Å². The summed E-state index contributed by atoms with van der Waals surface area (Å²) < 4.78 is 245. The zero-order valence-electron chi connectivity index (χ0n) is 15.6. The number of ether oxygens (including phenoxy) is 1. The van der Waals surface area contributed by atoms with Gasteiger partial charge in [-0.1, -0.05) is 0 Å². The largest absolute Gasteiger partial charge is 0.480 e. The van der Waals surface area contributed by atoms with Crippen LogP contribution in [0.15, 0.2) is 0 Å². The average molecular weight is 582 g/mol. The van der Waals surface area contributed by atoms with Gasteiger partial charge in [0.25, 0.3) is 5.91 Å². The molecule has 36 heavy (non-hydrogen) atoms. The minimum Gasteiger partial charge on any atom is -0.480 e. The third kappa shape index (κ3) is 3.95. The van der Waals surface area contributed by atoms with E-state index in [4.69, 9.17) is 5.11 Å². The van der Waals surface area contributed by atoms with Gasteiger partial charge in [-0.05, 0) is 0 Å². The second-order valence-electron chi connectivity index (χ2n) is 6.48. The first kappa shape index (κ1) is 31.6. The molecule has 1 heterocycles. The van der Waals surface area contributed by atoms with E-state index in [1.807, 2.05) is 0 Å². The average Bonchev–Trinajstić information content (AvgIpc) is 2.60. The van der Waals surface area contributed by atoms with Gasteiger partial charge in [-0.25, -0.2) is 4.39 Å². The van der Waals surface area contributed by atoms with E-state index in [2.05, 4.69) is 0 Å². The molecule has 1 aliphatic rings. The predicted octanol–water partition coefficient (Wildman–Crippen LogP) is 4.02. The van der Waals surface area contributed by atoms with Crippen LogP contribution in [0.3, 0.4) is 0 Å². The molecule has 1 aliphatic heterocycles. The molecule has 0 aliphatic carbocycles. The summed E-state index contributed by atoms with van der Waals surface area (Å²) in [5.41, 5.74) is -7.82. The van der Waals surface area contributed by atoms with Gasteiger partial charge in [-0.15, -0.1) is 4.90 Å². The van der Waals surface area contributed by atoms with E-state index < -0.39 is 77.4 Å². The molecule has 3 unspecified atom stereocenters. The summed E-state index contributed by atoms with van der Waals surface area (Å²) in [6.45, 7) is -2.36. The van der Waals surface area contributed by atoms with Crippen molar-refractivity contribution in [1.29, 1.82) is 0 Å². The first-order valence-electron chi connectivity index (χ1n) is 7.82. The van der Waals surface area contributed by atoms with Gasteiger partial charge >= 0.3 is 60.0 Å². The van der Waals surface area contributed by atoms with E-state index in [1.54, 1.807) is 4.74 Å². The standard InChI is InChI=1S/C12H4F18N2O4/c13-4(7(16,17)18,3(35)31-1-2(33)34)10(25,26)32-11(27,28)5(14,8(19,20)21)36-6(15,9(22,23)24)12(32,29)30/h1H2,(H,31,35)(H,33,34). The van der Waals surface area contributed by atoms with Crippen LogP contribution in [0, 0.1) is 0 Å². The number of amides is 1. The molecule has 0 aromatic rings. The van der Waals surface area contributed by atoms with Crippen molar-refractivity contribution in [3.05, 3.63) is 0 Å². The Morgan fingerprint density at radius 2 is 1.06 bits per heavy atom. The van der Waals surface area contributed by atoms with Crippen molar-refractivity contribution in [3.8, 4) is 0 Å². The Balaban J connectivity index is 4.19. The van der Waals surface area contributed by atoms with Gasteiger partial charge in [0.15, 0.2) is 0 Å². The zero-order valence-corrected chi connectivity index (χ0v) is 15.6. The fraction of sp³-hybridized carbons (Fsp3) is 0.833. The number of hydrogen-bond acceptors (Lipinski definition) is 4. The normalized spacial score (nSPS) is 29.4. The Morgan fingerprint density at radius 1 is 0.722 bits per heavy atom. The lowest BCUT2D eigenvalue weighted by atomic mass is 9.95. The van der Waals surface area contributed by atoms with Crippen molar-refractivity contribution in [3.63, 3.8) is 0 Å². The summed E-state index contributed by atoms with van der Waals surface area (Å²) in [7, 11) is 0. The second kappa shape index (κ2) is 8.05. The number of morpholine rings is 1. The van der Waals surface area contributed by atoms with Crippen molar-refractivity contribution >= 4 is 11.9 Å². The highest BCUT2D eigenvalue weighted by molar-refractivity contribution is 5.89. The Bertz CT molecular complexity index is 860. The maximum absolute atomic E-state index is 14.5. The molecule has 0 aromatic heterocycles. The summed E-state index contributed by atoms with van der Waals surface area (Å²) in [6.07, 6.45) is -23.8. The van der Waals surface area contributed by atoms with E-state index in [1.165, 1.54) is 0 Å². The van der Waals surface area contributed by atoms with Gasteiger partial charge in [0, 0.05) is 0 Å². The van der Waals surface area contributed by atoms with Crippen molar-refractivity contribution in [2.45, 2.75) is 54.0 Å². The number of aliphatic carboxylic acids is 1. The van der Waals surface area contributed by atoms with Crippen LogP contribution in [0.2, 0.25) is 0 Å². The number of carbonyl (C=O) groups excluding carboxylic acids is 1. The molecule has 0 radical (unpaired) electrons. The molecule has 2 N–H and O–H groups in total. The lowest BCUT2D eigenvalue weighted by molar-refractivity contribution is -0.601. The molecule has 1 fully saturated rings. The predicted molar refractivity (Wildman–Crippen MR) is 68.1 cm³/mol. The van der Waals surface area contributed by atoms with Crippen LogP contribution in [0.25, 0.3) is 0 Å². The minimum atomic E-state index is -8.49. The number of carboxylic acids is 1. The summed E-state index contributed by atoms with van der Waals surface area (Å²) in [5.74, 6) is -22.8. The Morgan fingerprint density at radius 3 is 1.31 bits per heavy atom. The molecular weight excluding hydrogens is 578 g/mol. The lowest BCUT2D eigenvalue weighted by Gasteiger charge is -2.55. The van der Waals surface area contributed by atoms with E-state index in [0.717, 1.165) is 0 Å². The van der Waals surface area contributed by atoms with E-state index in [9.17, 15) is 88.6 Å². The van der Waals surface area contributed by atoms with Crippen LogP contribution in [0.1, 0.15) is 0 Å². The third-order valence-corrected chi connectivity index (χ3v) is 4.14. The number of nitrogens with one attached hydrogen (secondary N) is 1. The first-order valence-corrected chi connectivity index (χ1v) is 7.82. The van der Waals surface area contributed by atoms with Gasteiger partial charge in [0.2, 0.25) is 0 Å². The van der Waals surface area contributed by atoms with Crippen LogP contribution in [-0.2, 0) is 14.3 Å². The van der Waals surface area contributed by atoms with Crippen molar-refractivity contribution in [1.82, 2.24) is 10.2 Å². The Hall–Kier alpha value is -2.40. The molecule has 1 saturated heterocycles. The Labute approximate surface area is 182 Å². The summed E-state index contributed by atoms with van der Waals surface area (Å²) >= 11 is 0. The van der Waals surface area contributed by atoms with Gasteiger partial charge in [0.05, 0.1) is 0 Å². The van der Waals surface area contributed by atoms with Crippen LogP contribution >= 0.6 is 0 Å². The SMILES string of the molecule is O=C(O)CNC(=O)C(F)(C(F)(F)F)C(F)(F)N1C(F)(F)C(F)(C(F)(F)F)OC(F)(C(F)(F)F)C1(F)F. The fourth-order valence-corrected chi connectivity index (χ4v) is 2.46. The highest BCUT2D eigenvalue weighted by Crippen LogP contribution is 2.66. The minimum absolute atomic E-state index is 0.0380. The van der Waals surface area contributed by atoms with Crippen molar-refractivity contribution < 1.29 is 98.5 Å². The smallest absolute Gasteiger partial charge is 0.456 e. The molecule has 3 atom stereocenters. The van der Waals surface area contributed by atoms with Gasteiger partial charge < -0.3 is 10.4 Å². The zero-order chi connectivity index (χ0) is 29.4. The number of halogens is 18. The van der Waals surface area contributed by atoms with Crippen molar-refractivity contribution in [2.75, 3.05) is 6.54 Å². The van der Waals surface area contributed by atoms with Crippen LogP contribution in [-0.4, -0.2) is 82.5 Å². The van der Waals surface area contributed by atoms with E-state index in [0.29, 0.717) is 0 Å².